The molecule has 0 spiro atoms. The fourth-order valence-corrected chi connectivity index (χ4v) is 14.7. The number of rotatable bonds is 12. The summed E-state index contributed by atoms with van der Waals surface area (Å²) in [6, 6.07) is 30.9. The van der Waals surface area contributed by atoms with E-state index in [-0.39, 0.29) is 59.8 Å². The number of piperazine rings is 2. The maximum absolute atomic E-state index is 17.7. The van der Waals surface area contributed by atoms with Gasteiger partial charge in [-0.05, 0) is 124 Å². The van der Waals surface area contributed by atoms with Gasteiger partial charge in [0.05, 0.1) is 12.1 Å². The summed E-state index contributed by atoms with van der Waals surface area (Å²) in [6.45, 7) is 20.4. The minimum Gasteiger partial charge on any atom is -0.354 e. The number of carbonyl (C=O) groups excluding carboxylic acids is 1. The van der Waals surface area contributed by atoms with Crippen LogP contribution >= 0.6 is 24.8 Å². The molecule has 0 amide bonds. The SMILES string of the molecule is C[C@@H]1CCc2ncnc(N3CCN(C(C(=O)C([C@@H](c4cccc5ccccc45)[C@@H]4CCC(C)(C)N4)N4CCN(c5ncnc6c5[C@H](C)CC6)CC4)[C@@H](c4cccc5ccccc45)[C@@H]4CCC(C)(C)N4)CC3)c21.Cl.Cl. The lowest BCUT2D eigenvalue weighted by Crippen LogP contribution is -2.64. The smallest absolute Gasteiger partial charge is 0.168 e. The summed E-state index contributed by atoms with van der Waals surface area (Å²) in [7, 11) is 0. The van der Waals surface area contributed by atoms with E-state index in [4.69, 9.17) is 19.9 Å². The van der Waals surface area contributed by atoms with Crippen LogP contribution < -0.4 is 20.4 Å². The third kappa shape index (κ3) is 9.83. The largest absolute Gasteiger partial charge is 0.354 e. The van der Waals surface area contributed by atoms with Gasteiger partial charge in [0.25, 0.3) is 0 Å². The zero-order valence-electron chi connectivity index (χ0n) is 44.5. The number of ketones is 1. The summed E-state index contributed by atoms with van der Waals surface area (Å²) in [6.07, 6.45) is 12.0. The summed E-state index contributed by atoms with van der Waals surface area (Å²) in [5, 5.41) is 13.4. The van der Waals surface area contributed by atoms with Gasteiger partial charge in [-0.3, -0.25) is 14.6 Å². The molecule has 4 fully saturated rings. The van der Waals surface area contributed by atoms with Crippen molar-refractivity contribution in [2.24, 2.45) is 0 Å². The fourth-order valence-electron chi connectivity index (χ4n) is 14.7. The first-order chi connectivity index (χ1) is 34.9. The molecule has 6 heterocycles. The zero-order chi connectivity index (χ0) is 49.3. The lowest BCUT2D eigenvalue weighted by Gasteiger charge is -2.49. The summed E-state index contributed by atoms with van der Waals surface area (Å²) < 4.78 is 0. The minimum atomic E-state index is -0.403. The maximum atomic E-state index is 17.7. The average molecular weight is 1040 g/mol. The minimum absolute atomic E-state index is 0. The van der Waals surface area contributed by atoms with E-state index in [2.05, 4.69) is 157 Å². The number of halogens is 2. The van der Waals surface area contributed by atoms with Crippen molar-refractivity contribution in [3.63, 3.8) is 0 Å². The number of anilines is 2. The molecule has 392 valence electrons. The van der Waals surface area contributed by atoms with Crippen molar-refractivity contribution in [3.8, 4) is 0 Å². The van der Waals surface area contributed by atoms with Crippen LogP contribution in [0, 0.1) is 0 Å². The van der Waals surface area contributed by atoms with Crippen LogP contribution in [0.4, 0.5) is 11.6 Å². The Balaban J connectivity index is 0.00000313. The topological polar surface area (TPSA) is 106 Å². The van der Waals surface area contributed by atoms with Gasteiger partial charge < -0.3 is 20.4 Å². The van der Waals surface area contributed by atoms with Crippen molar-refractivity contribution < 1.29 is 4.79 Å². The molecule has 4 aliphatic heterocycles. The van der Waals surface area contributed by atoms with Gasteiger partial charge in [0.15, 0.2) is 5.78 Å². The summed E-state index contributed by atoms with van der Waals surface area (Å²) in [5.41, 5.74) is 7.53. The third-order valence-corrected chi connectivity index (χ3v) is 18.3. The highest BCUT2D eigenvalue weighted by Crippen LogP contribution is 2.46. The van der Waals surface area contributed by atoms with Gasteiger partial charge in [-0.25, -0.2) is 19.9 Å². The molecule has 0 bridgehead atoms. The molecule has 2 aromatic heterocycles. The molecular formula is C61H78Cl2N10O. The molecule has 2 unspecified atom stereocenters. The fraction of sp³-hybridized carbons (Fsp3) is 0.525. The number of hydrogen-bond donors (Lipinski definition) is 2. The lowest BCUT2D eigenvalue weighted by atomic mass is 9.73. The second-order valence-electron chi connectivity index (χ2n) is 23.9. The van der Waals surface area contributed by atoms with Gasteiger partial charge in [0, 0.05) is 110 Å². The number of Topliss-reactive ketones (excluding diaryl/α,β-unsaturated/α-hetero) is 1. The Hall–Kier alpha value is -4.75. The van der Waals surface area contributed by atoms with Crippen LogP contribution in [0.1, 0.15) is 137 Å². The van der Waals surface area contributed by atoms with E-state index in [1.165, 1.54) is 55.2 Å². The molecule has 12 rings (SSSR count). The van der Waals surface area contributed by atoms with Crippen molar-refractivity contribution >= 4 is 63.8 Å². The molecule has 2 aliphatic carbocycles. The summed E-state index contributed by atoms with van der Waals surface area (Å²) in [4.78, 5) is 47.5. The molecule has 74 heavy (non-hydrogen) atoms. The quantitative estimate of drug-likeness (QED) is 0.122. The Morgan fingerprint density at radius 1 is 0.527 bits per heavy atom. The number of nitrogens with zero attached hydrogens (tertiary/aromatic N) is 8. The zero-order valence-corrected chi connectivity index (χ0v) is 46.1. The highest BCUT2D eigenvalue weighted by Gasteiger charge is 2.52. The number of fused-ring (bicyclic) bond motifs is 4. The molecule has 4 saturated heterocycles. The maximum Gasteiger partial charge on any atom is 0.168 e. The predicted molar refractivity (Wildman–Crippen MR) is 306 cm³/mol. The number of carbonyl (C=O) groups is 1. The van der Waals surface area contributed by atoms with Crippen LogP contribution in [0.25, 0.3) is 21.5 Å². The Bertz CT molecular complexity index is 2760. The highest BCUT2D eigenvalue weighted by atomic mass is 35.5. The molecule has 4 aromatic carbocycles. The predicted octanol–water partition coefficient (Wildman–Crippen LogP) is 10.4. The van der Waals surface area contributed by atoms with Crippen LogP contribution in [-0.4, -0.2) is 123 Å². The standard InChI is InChI=1S/C61H76N10O.2ClH/c1-39-21-23-47-51(39)58(64-37-62-47)70-33-29-68(30-34-70)55(53(49-25-27-60(3,4)66-49)45-19-11-15-41-13-7-9-17-43(41)45)57(72)56(69-31-35-71(36-32-69)59-52-40(2)22-24-48(52)63-38-65-59)54(50-26-28-61(5,6)67-50)46-20-12-16-42-14-8-10-18-44(42)46;;/h7-20,37-40,49-50,53-56,66-67H,21-36H2,1-6H3;2*1H/t39-,40-,49+,50+,53+,54+,55?,56?;;/m1../s1. The van der Waals surface area contributed by atoms with Crippen molar-refractivity contribution in [1.29, 1.82) is 0 Å². The van der Waals surface area contributed by atoms with E-state index in [1.54, 1.807) is 12.7 Å². The molecule has 0 radical (unpaired) electrons. The van der Waals surface area contributed by atoms with Crippen LogP contribution in [-0.2, 0) is 17.6 Å². The molecular weight excluding hydrogens is 960 g/mol. The number of benzene rings is 4. The van der Waals surface area contributed by atoms with Gasteiger partial charge in [-0.15, -0.1) is 24.8 Å². The number of hydrogen-bond acceptors (Lipinski definition) is 11. The Kier molecular flexibility index (Phi) is 15.2. The van der Waals surface area contributed by atoms with Gasteiger partial charge >= 0.3 is 0 Å². The normalized spacial score (nSPS) is 25.2. The molecule has 6 aliphatic rings. The lowest BCUT2D eigenvalue weighted by molar-refractivity contribution is -0.132. The molecule has 0 saturated carbocycles. The van der Waals surface area contributed by atoms with Gasteiger partial charge in [-0.1, -0.05) is 98.8 Å². The molecule has 8 atom stereocenters. The first kappa shape index (κ1) is 52.7. The van der Waals surface area contributed by atoms with Gasteiger partial charge in [-0.2, -0.15) is 0 Å². The van der Waals surface area contributed by atoms with Crippen LogP contribution in [0.15, 0.2) is 97.6 Å². The van der Waals surface area contributed by atoms with E-state index < -0.39 is 12.1 Å². The Morgan fingerprint density at radius 2 is 0.919 bits per heavy atom. The van der Waals surface area contributed by atoms with E-state index in [0.29, 0.717) is 17.6 Å². The van der Waals surface area contributed by atoms with E-state index in [0.717, 1.165) is 115 Å². The van der Waals surface area contributed by atoms with Crippen molar-refractivity contribution in [1.82, 2.24) is 40.4 Å². The Morgan fingerprint density at radius 3 is 1.31 bits per heavy atom. The second kappa shape index (κ2) is 21.3. The van der Waals surface area contributed by atoms with Gasteiger partial charge in [0.2, 0.25) is 0 Å². The second-order valence-corrected chi connectivity index (χ2v) is 23.9. The van der Waals surface area contributed by atoms with Gasteiger partial charge in [0.1, 0.15) is 24.3 Å². The monoisotopic (exact) mass is 1040 g/mol. The van der Waals surface area contributed by atoms with E-state index >= 15 is 4.79 Å². The molecule has 13 heteroatoms. The first-order valence-corrected chi connectivity index (χ1v) is 27.6. The third-order valence-electron chi connectivity index (χ3n) is 18.3. The molecule has 6 aromatic rings. The summed E-state index contributed by atoms with van der Waals surface area (Å²) in [5.74, 6) is 3.24. The van der Waals surface area contributed by atoms with Crippen LogP contribution in [0.2, 0.25) is 0 Å². The number of nitrogens with one attached hydrogen (secondary N) is 2. The van der Waals surface area contributed by atoms with Crippen molar-refractivity contribution in [2.75, 3.05) is 62.2 Å². The average Bonchev–Trinajstić information content (AvgIpc) is 4.18. The molecule has 11 nitrogen and oxygen atoms in total. The van der Waals surface area contributed by atoms with Crippen molar-refractivity contribution in [3.05, 3.63) is 131 Å². The Labute approximate surface area is 451 Å². The first-order valence-electron chi connectivity index (χ1n) is 27.6. The number of aromatic nitrogens is 4. The molecule has 2 N–H and O–H groups in total. The van der Waals surface area contributed by atoms with Crippen LogP contribution in [0.3, 0.4) is 0 Å². The van der Waals surface area contributed by atoms with Crippen molar-refractivity contribution in [2.45, 2.75) is 152 Å². The summed E-state index contributed by atoms with van der Waals surface area (Å²) >= 11 is 0. The van der Waals surface area contributed by atoms with Crippen LogP contribution in [0.5, 0.6) is 0 Å². The highest BCUT2D eigenvalue weighted by molar-refractivity contribution is 5.95. The van der Waals surface area contributed by atoms with E-state index in [1.807, 2.05) is 0 Å². The number of aryl methyl sites for hydroxylation is 2. The van der Waals surface area contributed by atoms with E-state index in [9.17, 15) is 0 Å².